The van der Waals surface area contributed by atoms with Gasteiger partial charge in [-0.15, -0.1) is 0 Å². The van der Waals surface area contributed by atoms with Gasteiger partial charge in [-0.2, -0.15) is 5.26 Å². The highest BCUT2D eigenvalue weighted by Crippen LogP contribution is 2.05. The molecule has 0 aliphatic rings. The summed E-state index contributed by atoms with van der Waals surface area (Å²) in [6, 6.07) is 3.53. The topological polar surface area (TPSA) is 81.8 Å². The SMILES string of the molecule is CC(CO)CCCNc1nccc(C#N)n1. The van der Waals surface area contributed by atoms with Crippen molar-refractivity contribution in [2.75, 3.05) is 18.5 Å². The van der Waals surface area contributed by atoms with Gasteiger partial charge in [0, 0.05) is 19.3 Å². The van der Waals surface area contributed by atoms with E-state index in [1.54, 1.807) is 12.3 Å². The number of rotatable bonds is 6. The van der Waals surface area contributed by atoms with Crippen LogP contribution >= 0.6 is 0 Å². The van der Waals surface area contributed by atoms with Crippen molar-refractivity contribution in [2.45, 2.75) is 19.8 Å². The molecule has 5 heteroatoms. The Morgan fingerprint density at radius 3 is 3.12 bits per heavy atom. The molecule has 0 aliphatic heterocycles. The third-order valence-corrected chi connectivity index (χ3v) is 2.24. The summed E-state index contributed by atoms with van der Waals surface area (Å²) in [7, 11) is 0. The summed E-state index contributed by atoms with van der Waals surface area (Å²) in [5, 5.41) is 20.5. The molecule has 0 saturated carbocycles. The Hall–Kier alpha value is -1.67. The van der Waals surface area contributed by atoms with E-state index in [4.69, 9.17) is 10.4 Å². The monoisotopic (exact) mass is 220 g/mol. The van der Waals surface area contributed by atoms with E-state index in [0.717, 1.165) is 19.4 Å². The van der Waals surface area contributed by atoms with Crippen LogP contribution in [0.25, 0.3) is 0 Å². The lowest BCUT2D eigenvalue weighted by molar-refractivity contribution is 0.229. The van der Waals surface area contributed by atoms with Gasteiger partial charge in [-0.05, 0) is 24.8 Å². The molecular formula is C11H16N4O. The maximum atomic E-state index is 8.84. The molecule has 1 aromatic rings. The molecule has 0 radical (unpaired) electrons. The molecule has 0 fully saturated rings. The molecule has 0 spiro atoms. The van der Waals surface area contributed by atoms with Crippen LogP contribution in [0, 0.1) is 17.2 Å². The lowest BCUT2D eigenvalue weighted by atomic mass is 10.1. The second-order valence-corrected chi connectivity index (χ2v) is 3.73. The van der Waals surface area contributed by atoms with Crippen LogP contribution in [0.4, 0.5) is 5.95 Å². The largest absolute Gasteiger partial charge is 0.396 e. The van der Waals surface area contributed by atoms with Crippen LogP contribution in [0.5, 0.6) is 0 Å². The minimum atomic E-state index is 0.223. The van der Waals surface area contributed by atoms with Gasteiger partial charge >= 0.3 is 0 Å². The fourth-order valence-corrected chi connectivity index (χ4v) is 1.25. The van der Waals surface area contributed by atoms with Crippen LogP contribution in [0.3, 0.4) is 0 Å². The number of nitrogens with zero attached hydrogens (tertiary/aromatic N) is 3. The molecule has 86 valence electrons. The Kier molecular flexibility index (Phi) is 5.23. The van der Waals surface area contributed by atoms with Gasteiger partial charge < -0.3 is 10.4 Å². The van der Waals surface area contributed by atoms with E-state index in [1.807, 2.05) is 13.0 Å². The van der Waals surface area contributed by atoms with Gasteiger partial charge in [0.05, 0.1) is 0 Å². The molecular weight excluding hydrogens is 204 g/mol. The first kappa shape index (κ1) is 12.4. The molecule has 0 bridgehead atoms. The van der Waals surface area contributed by atoms with Gasteiger partial charge in [0.15, 0.2) is 0 Å². The second kappa shape index (κ2) is 6.75. The highest BCUT2D eigenvalue weighted by Gasteiger charge is 2.00. The molecule has 2 N–H and O–H groups in total. The number of aliphatic hydroxyl groups is 1. The van der Waals surface area contributed by atoms with E-state index in [2.05, 4.69) is 15.3 Å². The molecule has 1 rings (SSSR count). The number of aromatic nitrogens is 2. The number of nitriles is 1. The van der Waals surface area contributed by atoms with Gasteiger partial charge in [0.1, 0.15) is 11.8 Å². The lowest BCUT2D eigenvalue weighted by Gasteiger charge is -2.08. The van der Waals surface area contributed by atoms with Crippen LogP contribution in [0.1, 0.15) is 25.5 Å². The standard InChI is InChI=1S/C11H16N4O/c1-9(8-16)3-2-5-13-11-14-6-4-10(7-12)15-11/h4,6,9,16H,2-3,5,8H2,1H3,(H,13,14,15). The Morgan fingerprint density at radius 2 is 2.44 bits per heavy atom. The second-order valence-electron chi connectivity index (χ2n) is 3.73. The number of hydrogen-bond donors (Lipinski definition) is 2. The van der Waals surface area contributed by atoms with E-state index in [0.29, 0.717) is 17.6 Å². The zero-order valence-electron chi connectivity index (χ0n) is 9.35. The van der Waals surface area contributed by atoms with Crippen molar-refractivity contribution in [1.82, 2.24) is 9.97 Å². The van der Waals surface area contributed by atoms with Gasteiger partial charge in [-0.1, -0.05) is 6.92 Å². The van der Waals surface area contributed by atoms with Crippen LogP contribution in [0.15, 0.2) is 12.3 Å². The normalized spacial score (nSPS) is 11.8. The highest BCUT2D eigenvalue weighted by molar-refractivity contribution is 5.29. The number of nitrogens with one attached hydrogen (secondary N) is 1. The van der Waals surface area contributed by atoms with Crippen molar-refractivity contribution in [3.05, 3.63) is 18.0 Å². The van der Waals surface area contributed by atoms with Crippen LogP contribution in [0.2, 0.25) is 0 Å². The average molecular weight is 220 g/mol. The molecule has 0 aromatic carbocycles. The van der Waals surface area contributed by atoms with Crippen LogP contribution in [-0.2, 0) is 0 Å². The maximum Gasteiger partial charge on any atom is 0.223 e. The number of anilines is 1. The van der Waals surface area contributed by atoms with Crippen molar-refractivity contribution in [2.24, 2.45) is 5.92 Å². The van der Waals surface area contributed by atoms with Gasteiger partial charge in [-0.3, -0.25) is 0 Å². The summed E-state index contributed by atoms with van der Waals surface area (Å²) in [5.74, 6) is 0.809. The molecule has 0 amide bonds. The Morgan fingerprint density at radius 1 is 1.62 bits per heavy atom. The predicted molar refractivity (Wildman–Crippen MR) is 60.7 cm³/mol. The van der Waals surface area contributed by atoms with Crippen molar-refractivity contribution in [3.8, 4) is 6.07 Å². The zero-order valence-corrected chi connectivity index (χ0v) is 9.35. The third-order valence-electron chi connectivity index (χ3n) is 2.24. The fraction of sp³-hybridized carbons (Fsp3) is 0.545. The summed E-state index contributed by atoms with van der Waals surface area (Å²) in [4.78, 5) is 8.00. The average Bonchev–Trinajstić information content (AvgIpc) is 2.34. The van der Waals surface area contributed by atoms with Crippen molar-refractivity contribution < 1.29 is 5.11 Å². The number of aliphatic hydroxyl groups excluding tert-OH is 1. The summed E-state index contributed by atoms with van der Waals surface area (Å²) in [5.41, 5.74) is 0.362. The molecule has 0 aliphatic carbocycles. The molecule has 1 heterocycles. The Balaban J connectivity index is 2.29. The van der Waals surface area contributed by atoms with Crippen molar-refractivity contribution in [3.63, 3.8) is 0 Å². The first-order valence-corrected chi connectivity index (χ1v) is 5.34. The summed E-state index contributed by atoms with van der Waals surface area (Å²) >= 11 is 0. The van der Waals surface area contributed by atoms with E-state index < -0.39 is 0 Å². The molecule has 1 unspecified atom stereocenters. The quantitative estimate of drug-likeness (QED) is 0.703. The fourth-order valence-electron chi connectivity index (χ4n) is 1.25. The van der Waals surface area contributed by atoms with Gasteiger partial charge in [0.2, 0.25) is 5.95 Å². The van der Waals surface area contributed by atoms with Crippen LogP contribution in [-0.4, -0.2) is 28.2 Å². The molecule has 1 atom stereocenters. The Bertz CT molecular complexity index is 361. The summed E-state index contributed by atoms with van der Waals surface area (Å²) in [6.07, 6.45) is 3.47. The van der Waals surface area contributed by atoms with Gasteiger partial charge in [-0.25, -0.2) is 9.97 Å². The third kappa shape index (κ3) is 4.24. The van der Waals surface area contributed by atoms with E-state index in [1.165, 1.54) is 0 Å². The summed E-state index contributed by atoms with van der Waals surface area (Å²) in [6.45, 7) is 2.98. The maximum absolute atomic E-state index is 8.84. The number of hydrogen-bond acceptors (Lipinski definition) is 5. The first-order chi connectivity index (χ1) is 7.76. The minimum absolute atomic E-state index is 0.223. The molecule has 0 saturated heterocycles. The van der Waals surface area contributed by atoms with E-state index in [9.17, 15) is 0 Å². The van der Waals surface area contributed by atoms with E-state index >= 15 is 0 Å². The minimum Gasteiger partial charge on any atom is -0.396 e. The lowest BCUT2D eigenvalue weighted by Crippen LogP contribution is -2.08. The smallest absolute Gasteiger partial charge is 0.223 e. The molecule has 5 nitrogen and oxygen atoms in total. The predicted octanol–water partition coefficient (Wildman–Crippen LogP) is 1.17. The highest BCUT2D eigenvalue weighted by atomic mass is 16.3. The first-order valence-electron chi connectivity index (χ1n) is 5.34. The van der Waals surface area contributed by atoms with Crippen LogP contribution < -0.4 is 5.32 Å². The zero-order chi connectivity index (χ0) is 11.8. The van der Waals surface area contributed by atoms with Gasteiger partial charge in [0.25, 0.3) is 0 Å². The molecule has 16 heavy (non-hydrogen) atoms. The van der Waals surface area contributed by atoms with Crippen molar-refractivity contribution in [1.29, 1.82) is 5.26 Å². The summed E-state index contributed by atoms with van der Waals surface area (Å²) < 4.78 is 0. The molecule has 1 aromatic heterocycles. The van der Waals surface area contributed by atoms with Crippen molar-refractivity contribution >= 4 is 5.95 Å². The Labute approximate surface area is 95.2 Å². The van der Waals surface area contributed by atoms with E-state index in [-0.39, 0.29) is 6.61 Å².